The molecule has 108 valence electrons. The Balaban J connectivity index is 1.78. The summed E-state index contributed by atoms with van der Waals surface area (Å²) in [6.45, 7) is 5.15. The molecule has 1 aliphatic heterocycles. The number of carbonyl (C=O) groups is 2. The highest BCUT2D eigenvalue weighted by Crippen LogP contribution is 2.13. The summed E-state index contributed by atoms with van der Waals surface area (Å²) in [5, 5.41) is 2.89. The number of piperazine rings is 1. The summed E-state index contributed by atoms with van der Waals surface area (Å²) in [5.74, 6) is 0.127. The topological polar surface area (TPSA) is 53.9 Å². The van der Waals surface area contributed by atoms with Crippen molar-refractivity contribution < 1.29 is 14.5 Å². The standard InChI is InChI=1S/C14H18BrN3O2/c1-11(19)18-8-6-17(7-9-18)10-14(20)16-13-4-2-12(15)3-5-13/h2-5H,6-10H2,1H3,(H,16,20)/p+1. The van der Waals surface area contributed by atoms with Gasteiger partial charge in [-0.05, 0) is 24.3 Å². The molecule has 1 saturated heterocycles. The zero-order valence-corrected chi connectivity index (χ0v) is 13.1. The van der Waals surface area contributed by atoms with Gasteiger partial charge in [-0.1, -0.05) is 15.9 Å². The lowest BCUT2D eigenvalue weighted by atomic mass is 10.3. The quantitative estimate of drug-likeness (QED) is 0.822. The number of quaternary nitrogens is 1. The third kappa shape index (κ3) is 4.31. The molecule has 0 bridgehead atoms. The molecule has 20 heavy (non-hydrogen) atoms. The van der Waals surface area contributed by atoms with Gasteiger partial charge in [0.2, 0.25) is 5.91 Å². The van der Waals surface area contributed by atoms with Gasteiger partial charge in [-0.15, -0.1) is 0 Å². The molecule has 0 aromatic heterocycles. The molecule has 5 nitrogen and oxygen atoms in total. The van der Waals surface area contributed by atoms with E-state index in [0.29, 0.717) is 6.54 Å². The number of nitrogens with zero attached hydrogens (tertiary/aromatic N) is 1. The van der Waals surface area contributed by atoms with Gasteiger partial charge in [-0.25, -0.2) is 0 Å². The molecule has 6 heteroatoms. The van der Waals surface area contributed by atoms with E-state index in [-0.39, 0.29) is 11.8 Å². The number of nitrogens with one attached hydrogen (secondary N) is 2. The molecule has 1 aromatic carbocycles. The Kier molecular flexibility index (Phi) is 5.14. The molecule has 0 unspecified atom stereocenters. The van der Waals surface area contributed by atoms with Gasteiger partial charge < -0.3 is 15.1 Å². The second-order valence-corrected chi connectivity index (χ2v) is 5.90. The monoisotopic (exact) mass is 340 g/mol. The summed E-state index contributed by atoms with van der Waals surface area (Å²) in [6.07, 6.45) is 0. The van der Waals surface area contributed by atoms with Crippen molar-refractivity contribution in [3.63, 3.8) is 0 Å². The molecule has 0 spiro atoms. The summed E-state index contributed by atoms with van der Waals surface area (Å²) < 4.78 is 0.987. The third-order valence-corrected chi connectivity index (χ3v) is 3.98. The number of hydrogen-bond acceptors (Lipinski definition) is 2. The van der Waals surface area contributed by atoms with Crippen molar-refractivity contribution in [2.45, 2.75) is 6.92 Å². The van der Waals surface area contributed by atoms with Gasteiger partial charge in [0.05, 0.1) is 26.2 Å². The fraction of sp³-hybridized carbons (Fsp3) is 0.429. The van der Waals surface area contributed by atoms with Gasteiger partial charge in [0.25, 0.3) is 5.91 Å². The first-order valence-corrected chi connectivity index (χ1v) is 7.48. The number of halogens is 1. The van der Waals surface area contributed by atoms with Gasteiger partial charge in [-0.3, -0.25) is 9.59 Å². The fourth-order valence-electron chi connectivity index (χ4n) is 2.28. The molecule has 1 aliphatic rings. The average Bonchev–Trinajstić information content (AvgIpc) is 2.42. The van der Waals surface area contributed by atoms with Crippen molar-refractivity contribution in [3.8, 4) is 0 Å². The van der Waals surface area contributed by atoms with Gasteiger partial charge in [-0.2, -0.15) is 0 Å². The van der Waals surface area contributed by atoms with Crippen molar-refractivity contribution in [2.24, 2.45) is 0 Å². The zero-order chi connectivity index (χ0) is 14.5. The van der Waals surface area contributed by atoms with Crippen LogP contribution >= 0.6 is 15.9 Å². The largest absolute Gasteiger partial charge is 0.332 e. The van der Waals surface area contributed by atoms with E-state index in [0.717, 1.165) is 36.3 Å². The molecule has 1 fully saturated rings. The van der Waals surface area contributed by atoms with Gasteiger partial charge >= 0.3 is 0 Å². The van der Waals surface area contributed by atoms with Gasteiger partial charge in [0.15, 0.2) is 6.54 Å². The van der Waals surface area contributed by atoms with E-state index in [1.165, 1.54) is 4.90 Å². The first-order valence-electron chi connectivity index (χ1n) is 6.69. The molecule has 0 aliphatic carbocycles. The Hall–Kier alpha value is -1.40. The van der Waals surface area contributed by atoms with Crippen LogP contribution in [0.15, 0.2) is 28.7 Å². The Morgan fingerprint density at radius 1 is 1.25 bits per heavy atom. The lowest BCUT2D eigenvalue weighted by molar-refractivity contribution is -0.895. The predicted molar refractivity (Wildman–Crippen MR) is 80.6 cm³/mol. The van der Waals surface area contributed by atoms with Gasteiger partial charge in [0, 0.05) is 17.1 Å². The van der Waals surface area contributed by atoms with E-state index in [2.05, 4.69) is 21.2 Å². The zero-order valence-electron chi connectivity index (χ0n) is 11.5. The minimum Gasteiger partial charge on any atom is -0.332 e. The predicted octanol–water partition coefficient (Wildman–Crippen LogP) is 0.135. The van der Waals surface area contributed by atoms with Crippen molar-refractivity contribution in [1.29, 1.82) is 0 Å². The Morgan fingerprint density at radius 3 is 2.40 bits per heavy atom. The SMILES string of the molecule is CC(=O)N1CC[NH+](CC(=O)Nc2ccc(Br)cc2)CC1. The third-order valence-electron chi connectivity index (χ3n) is 3.45. The maximum Gasteiger partial charge on any atom is 0.279 e. The Morgan fingerprint density at radius 2 is 1.85 bits per heavy atom. The maximum absolute atomic E-state index is 12.0. The number of anilines is 1. The van der Waals surface area contributed by atoms with Crippen LogP contribution in [0.2, 0.25) is 0 Å². The number of carbonyl (C=O) groups excluding carboxylic acids is 2. The minimum atomic E-state index is 0.0126. The van der Waals surface area contributed by atoms with Crippen LogP contribution in [-0.4, -0.2) is 49.4 Å². The van der Waals surface area contributed by atoms with Crippen LogP contribution in [0.25, 0.3) is 0 Å². The van der Waals surface area contributed by atoms with Crippen LogP contribution in [0.1, 0.15) is 6.92 Å². The molecule has 0 saturated carbocycles. The van der Waals surface area contributed by atoms with E-state index in [1.807, 2.05) is 29.2 Å². The first kappa shape index (κ1) is 15.0. The lowest BCUT2D eigenvalue weighted by Gasteiger charge is -2.31. The second kappa shape index (κ2) is 6.85. The molecule has 1 heterocycles. The average molecular weight is 341 g/mol. The van der Waals surface area contributed by atoms with Gasteiger partial charge in [0.1, 0.15) is 0 Å². The number of rotatable bonds is 3. The van der Waals surface area contributed by atoms with Crippen molar-refractivity contribution in [2.75, 3.05) is 38.0 Å². The fourth-order valence-corrected chi connectivity index (χ4v) is 2.54. The second-order valence-electron chi connectivity index (χ2n) is 4.99. The summed E-state index contributed by atoms with van der Waals surface area (Å²) in [5.41, 5.74) is 0.806. The first-order chi connectivity index (χ1) is 9.54. The summed E-state index contributed by atoms with van der Waals surface area (Å²) >= 11 is 3.36. The van der Waals surface area contributed by atoms with Crippen LogP contribution in [-0.2, 0) is 9.59 Å². The van der Waals surface area contributed by atoms with E-state index >= 15 is 0 Å². The van der Waals surface area contributed by atoms with Crippen LogP contribution in [0, 0.1) is 0 Å². The molecule has 0 radical (unpaired) electrons. The summed E-state index contributed by atoms with van der Waals surface area (Å²) in [6, 6.07) is 7.53. The smallest absolute Gasteiger partial charge is 0.279 e. The highest BCUT2D eigenvalue weighted by Gasteiger charge is 2.23. The van der Waals surface area contributed by atoms with E-state index < -0.39 is 0 Å². The van der Waals surface area contributed by atoms with Crippen molar-refractivity contribution in [3.05, 3.63) is 28.7 Å². The molecule has 2 amide bonds. The van der Waals surface area contributed by atoms with Crippen LogP contribution in [0.4, 0.5) is 5.69 Å². The molecule has 2 rings (SSSR count). The highest BCUT2D eigenvalue weighted by molar-refractivity contribution is 9.10. The Bertz CT molecular complexity index is 482. The van der Waals surface area contributed by atoms with E-state index in [4.69, 9.17) is 0 Å². The molecule has 0 atom stereocenters. The van der Waals surface area contributed by atoms with E-state index in [1.54, 1.807) is 6.92 Å². The van der Waals surface area contributed by atoms with Crippen LogP contribution < -0.4 is 10.2 Å². The Labute approximate surface area is 127 Å². The normalized spacial score (nSPS) is 16.0. The van der Waals surface area contributed by atoms with Crippen LogP contribution in [0.3, 0.4) is 0 Å². The summed E-state index contributed by atoms with van der Waals surface area (Å²) in [7, 11) is 0. The van der Waals surface area contributed by atoms with E-state index in [9.17, 15) is 9.59 Å². The number of benzene rings is 1. The molecular formula is C14H19BrN3O2+. The summed E-state index contributed by atoms with van der Waals surface area (Å²) in [4.78, 5) is 26.2. The maximum atomic E-state index is 12.0. The number of hydrogen-bond donors (Lipinski definition) is 2. The number of amides is 2. The lowest BCUT2D eigenvalue weighted by Crippen LogP contribution is -3.15. The minimum absolute atomic E-state index is 0.0126. The molecule has 2 N–H and O–H groups in total. The van der Waals surface area contributed by atoms with Crippen molar-refractivity contribution >= 4 is 33.4 Å². The molecular weight excluding hydrogens is 322 g/mol. The van der Waals surface area contributed by atoms with Crippen LogP contribution in [0.5, 0.6) is 0 Å². The molecule has 1 aromatic rings. The highest BCUT2D eigenvalue weighted by atomic mass is 79.9. The van der Waals surface area contributed by atoms with Crippen molar-refractivity contribution in [1.82, 2.24) is 4.90 Å².